The number of aryl methyl sites for hydroxylation is 1. The Hall–Kier alpha value is -1.00. The molecule has 0 aliphatic heterocycles. The first-order valence-electron chi connectivity index (χ1n) is 7.54. The molecule has 0 spiro atoms. The molecule has 0 saturated carbocycles. The van der Waals surface area contributed by atoms with Crippen molar-refractivity contribution in [2.24, 2.45) is 0 Å². The number of hydrogen-bond acceptors (Lipinski definition) is 2. The predicted molar refractivity (Wildman–Crippen MR) is 82.5 cm³/mol. The zero-order valence-corrected chi connectivity index (χ0v) is 13.7. The van der Waals surface area contributed by atoms with Gasteiger partial charge in [-0.05, 0) is 58.2 Å². The van der Waals surface area contributed by atoms with Gasteiger partial charge in [0.15, 0.2) is 0 Å². The van der Waals surface area contributed by atoms with Gasteiger partial charge in [-0.2, -0.15) is 0 Å². The summed E-state index contributed by atoms with van der Waals surface area (Å²) in [5, 5.41) is 3.35. The molecule has 120 valence electrons. The van der Waals surface area contributed by atoms with Crippen LogP contribution < -0.4 is 5.32 Å². The molecule has 21 heavy (non-hydrogen) atoms. The molecule has 0 fully saturated rings. The van der Waals surface area contributed by atoms with Crippen LogP contribution in [0.4, 0.5) is 8.78 Å². The number of halogens is 2. The smallest absolute Gasteiger partial charge is 0.130 e. The van der Waals surface area contributed by atoms with Gasteiger partial charge in [0.25, 0.3) is 0 Å². The summed E-state index contributed by atoms with van der Waals surface area (Å²) in [6.45, 7) is 8.55. The minimum absolute atomic E-state index is 0.126. The molecule has 0 radical (unpaired) electrons. The second kappa shape index (κ2) is 7.85. The fourth-order valence-corrected chi connectivity index (χ4v) is 2.23. The fourth-order valence-electron chi connectivity index (χ4n) is 2.23. The van der Waals surface area contributed by atoms with Gasteiger partial charge in [0.2, 0.25) is 0 Å². The van der Waals surface area contributed by atoms with E-state index in [1.165, 1.54) is 0 Å². The first kappa shape index (κ1) is 18.1. The third kappa shape index (κ3) is 5.36. The SMILES string of the molecule is CCCNC(CCC(C)(C)OC)c1cc(C)c(F)cc1F. The highest BCUT2D eigenvalue weighted by atomic mass is 19.1. The summed E-state index contributed by atoms with van der Waals surface area (Å²) in [5.41, 5.74) is 0.757. The average Bonchev–Trinajstić information content (AvgIpc) is 2.43. The van der Waals surface area contributed by atoms with Crippen LogP contribution in [-0.4, -0.2) is 19.3 Å². The lowest BCUT2D eigenvalue weighted by Gasteiger charge is -2.27. The van der Waals surface area contributed by atoms with Crippen molar-refractivity contribution >= 4 is 0 Å². The van der Waals surface area contributed by atoms with Gasteiger partial charge in [-0.25, -0.2) is 8.78 Å². The van der Waals surface area contributed by atoms with Crippen molar-refractivity contribution in [3.63, 3.8) is 0 Å². The van der Waals surface area contributed by atoms with Crippen molar-refractivity contribution in [2.75, 3.05) is 13.7 Å². The van der Waals surface area contributed by atoms with Crippen molar-refractivity contribution < 1.29 is 13.5 Å². The maximum atomic E-state index is 14.1. The molecule has 0 heterocycles. The number of methoxy groups -OCH3 is 1. The third-order valence-corrected chi connectivity index (χ3v) is 3.88. The maximum Gasteiger partial charge on any atom is 0.130 e. The van der Waals surface area contributed by atoms with E-state index >= 15 is 0 Å². The largest absolute Gasteiger partial charge is 0.379 e. The van der Waals surface area contributed by atoms with Crippen molar-refractivity contribution in [1.82, 2.24) is 5.32 Å². The van der Waals surface area contributed by atoms with E-state index in [0.717, 1.165) is 31.9 Å². The zero-order valence-electron chi connectivity index (χ0n) is 13.7. The Kier molecular flexibility index (Phi) is 6.75. The molecule has 2 nitrogen and oxygen atoms in total. The summed E-state index contributed by atoms with van der Waals surface area (Å²) in [6.07, 6.45) is 2.50. The lowest BCUT2D eigenvalue weighted by molar-refractivity contribution is 0.0116. The maximum absolute atomic E-state index is 14.1. The highest BCUT2D eigenvalue weighted by Crippen LogP contribution is 2.27. The van der Waals surface area contributed by atoms with Crippen LogP contribution in [0.25, 0.3) is 0 Å². The summed E-state index contributed by atoms with van der Waals surface area (Å²) in [6, 6.07) is 2.46. The molecule has 1 N–H and O–H groups in total. The molecule has 4 heteroatoms. The fraction of sp³-hybridized carbons (Fsp3) is 0.647. The molecule has 1 atom stereocenters. The lowest BCUT2D eigenvalue weighted by atomic mass is 9.93. The lowest BCUT2D eigenvalue weighted by Crippen LogP contribution is -2.28. The molecule has 1 rings (SSSR count). The topological polar surface area (TPSA) is 21.3 Å². The molecule has 0 aliphatic carbocycles. The molecule has 0 saturated heterocycles. The van der Waals surface area contributed by atoms with Gasteiger partial charge in [-0.3, -0.25) is 0 Å². The molecular weight excluding hydrogens is 272 g/mol. The van der Waals surface area contributed by atoms with Crippen LogP contribution in [0, 0.1) is 18.6 Å². The molecule has 1 aromatic rings. The Morgan fingerprint density at radius 1 is 1.24 bits per heavy atom. The first-order chi connectivity index (χ1) is 9.80. The number of benzene rings is 1. The van der Waals surface area contributed by atoms with E-state index in [9.17, 15) is 8.78 Å². The van der Waals surface area contributed by atoms with Crippen molar-refractivity contribution in [3.05, 3.63) is 34.9 Å². The summed E-state index contributed by atoms with van der Waals surface area (Å²) >= 11 is 0. The Labute approximate surface area is 126 Å². The minimum Gasteiger partial charge on any atom is -0.379 e. The van der Waals surface area contributed by atoms with Gasteiger partial charge >= 0.3 is 0 Å². The van der Waals surface area contributed by atoms with Crippen LogP contribution >= 0.6 is 0 Å². The summed E-state index contributed by atoms with van der Waals surface area (Å²) < 4.78 is 32.9. The summed E-state index contributed by atoms with van der Waals surface area (Å²) in [4.78, 5) is 0. The minimum atomic E-state index is -0.497. The van der Waals surface area contributed by atoms with Crippen molar-refractivity contribution in [2.45, 2.75) is 58.6 Å². The molecular formula is C17H27F2NO. The number of hydrogen-bond donors (Lipinski definition) is 1. The van der Waals surface area contributed by atoms with E-state index in [0.29, 0.717) is 11.1 Å². The number of rotatable bonds is 8. The molecule has 1 unspecified atom stereocenters. The first-order valence-corrected chi connectivity index (χ1v) is 7.54. The van der Waals surface area contributed by atoms with E-state index < -0.39 is 11.6 Å². The summed E-state index contributed by atoms with van der Waals surface area (Å²) in [7, 11) is 1.68. The van der Waals surface area contributed by atoms with E-state index in [1.807, 2.05) is 13.8 Å². The second-order valence-corrected chi connectivity index (χ2v) is 6.13. The monoisotopic (exact) mass is 299 g/mol. The second-order valence-electron chi connectivity index (χ2n) is 6.13. The molecule has 0 bridgehead atoms. The molecule has 0 aliphatic rings. The summed E-state index contributed by atoms with van der Waals surface area (Å²) in [5.74, 6) is -0.982. The van der Waals surface area contributed by atoms with Gasteiger partial charge in [0.1, 0.15) is 11.6 Å². The van der Waals surface area contributed by atoms with Crippen LogP contribution in [0.3, 0.4) is 0 Å². The molecule has 0 aromatic heterocycles. The van der Waals surface area contributed by atoms with E-state index in [4.69, 9.17) is 4.74 Å². The van der Waals surface area contributed by atoms with Gasteiger partial charge in [0.05, 0.1) is 5.60 Å². The number of ether oxygens (including phenoxy) is 1. The quantitative estimate of drug-likeness (QED) is 0.762. The van der Waals surface area contributed by atoms with Crippen molar-refractivity contribution in [3.8, 4) is 0 Å². The zero-order chi connectivity index (χ0) is 16.0. The highest BCUT2D eigenvalue weighted by Gasteiger charge is 2.22. The van der Waals surface area contributed by atoms with Gasteiger partial charge in [-0.1, -0.05) is 6.92 Å². The van der Waals surface area contributed by atoms with Crippen LogP contribution in [0.5, 0.6) is 0 Å². The van der Waals surface area contributed by atoms with Crippen LogP contribution in [0.15, 0.2) is 12.1 Å². The predicted octanol–water partition coefficient (Wildman–Crippen LogP) is 4.52. The van der Waals surface area contributed by atoms with E-state index in [2.05, 4.69) is 12.2 Å². The molecule has 0 amide bonds. The Morgan fingerprint density at radius 3 is 2.48 bits per heavy atom. The Morgan fingerprint density at radius 2 is 1.90 bits per heavy atom. The van der Waals surface area contributed by atoms with Gasteiger partial charge in [0, 0.05) is 24.8 Å². The highest BCUT2D eigenvalue weighted by molar-refractivity contribution is 5.28. The number of nitrogens with one attached hydrogen (secondary N) is 1. The van der Waals surface area contributed by atoms with Gasteiger partial charge in [-0.15, -0.1) is 0 Å². The average molecular weight is 299 g/mol. The normalized spacial score (nSPS) is 13.5. The van der Waals surface area contributed by atoms with E-state index in [-0.39, 0.29) is 11.6 Å². The van der Waals surface area contributed by atoms with Crippen LogP contribution in [-0.2, 0) is 4.74 Å². The standard InChI is InChI=1S/C17H27F2NO/c1-6-9-20-16(7-8-17(3,4)21-5)13-10-12(2)14(18)11-15(13)19/h10-11,16,20H,6-9H2,1-5H3. The van der Waals surface area contributed by atoms with Crippen LogP contribution in [0.1, 0.15) is 57.2 Å². The molecule has 1 aromatic carbocycles. The Balaban J connectivity index is 2.94. The van der Waals surface area contributed by atoms with E-state index in [1.54, 1.807) is 20.1 Å². The van der Waals surface area contributed by atoms with Crippen molar-refractivity contribution in [1.29, 1.82) is 0 Å². The Bertz CT molecular complexity index is 460. The third-order valence-electron chi connectivity index (χ3n) is 3.88. The van der Waals surface area contributed by atoms with Gasteiger partial charge < -0.3 is 10.1 Å². The van der Waals surface area contributed by atoms with Crippen LogP contribution in [0.2, 0.25) is 0 Å².